The van der Waals surface area contributed by atoms with Gasteiger partial charge < -0.3 is 9.52 Å². The minimum atomic E-state index is -0.335. The smallest absolute Gasteiger partial charge is 0.289 e. The lowest BCUT2D eigenvalue weighted by molar-refractivity contribution is -0.114. The van der Waals surface area contributed by atoms with Gasteiger partial charge in [-0.2, -0.15) is 0 Å². The number of carbonyl (C=O) groups is 1. The third-order valence-corrected chi connectivity index (χ3v) is 4.07. The lowest BCUT2D eigenvalue weighted by Crippen LogP contribution is -2.30. The summed E-state index contributed by atoms with van der Waals surface area (Å²) in [5.41, 5.74) is 2.81. The molecule has 1 aliphatic heterocycles. The van der Waals surface area contributed by atoms with Crippen LogP contribution in [0.15, 0.2) is 69.6 Å². The van der Waals surface area contributed by atoms with E-state index in [2.05, 4.69) is 4.99 Å². The van der Waals surface area contributed by atoms with Crippen molar-refractivity contribution in [2.45, 2.75) is 6.92 Å². The molecule has 0 aliphatic carbocycles. The Balaban J connectivity index is 1.79. The predicted molar refractivity (Wildman–Crippen MR) is 95.2 cm³/mol. The van der Waals surface area contributed by atoms with Crippen molar-refractivity contribution in [1.29, 1.82) is 0 Å². The lowest BCUT2D eigenvalue weighted by atomic mass is 10.1. The van der Waals surface area contributed by atoms with Gasteiger partial charge in [0.2, 0.25) is 0 Å². The maximum atomic E-state index is 12.3. The fourth-order valence-electron chi connectivity index (χ4n) is 2.81. The molecule has 1 aliphatic rings. The molecule has 1 amide bonds. The topological polar surface area (TPSA) is 62.8 Å². The maximum absolute atomic E-state index is 12.3. The maximum Gasteiger partial charge on any atom is 0.289 e. The van der Waals surface area contributed by atoms with Crippen molar-refractivity contribution in [3.8, 4) is 17.3 Å². The summed E-state index contributed by atoms with van der Waals surface area (Å²) in [5.74, 6) is -0.0119. The minimum absolute atomic E-state index is 0.220. The Morgan fingerprint density at radius 3 is 2.68 bits per heavy atom. The second kappa shape index (κ2) is 5.91. The molecule has 0 spiro atoms. The van der Waals surface area contributed by atoms with Crippen molar-refractivity contribution in [3.05, 3.63) is 81.9 Å². The van der Waals surface area contributed by atoms with Crippen LogP contribution in [0, 0.1) is 6.92 Å². The fraction of sp³-hybridized carbons (Fsp3) is 0.0476. The van der Waals surface area contributed by atoms with Crippen LogP contribution < -0.4 is 10.6 Å². The molecule has 4 rings (SSSR count). The molecule has 122 valence electrons. The van der Waals surface area contributed by atoms with E-state index in [1.165, 1.54) is 0 Å². The monoisotopic (exact) mass is 329 g/mol. The van der Waals surface area contributed by atoms with Gasteiger partial charge in [0.05, 0.1) is 10.9 Å². The van der Waals surface area contributed by atoms with Crippen molar-refractivity contribution in [1.82, 2.24) is 0 Å². The number of furan rings is 1. The van der Waals surface area contributed by atoms with E-state index >= 15 is 0 Å². The van der Waals surface area contributed by atoms with Gasteiger partial charge in [0.15, 0.2) is 0 Å². The molecule has 0 atom stereocenters. The summed E-state index contributed by atoms with van der Waals surface area (Å²) >= 11 is 0. The number of carbonyl (C=O) groups excluding carboxylic acids is 1. The van der Waals surface area contributed by atoms with Gasteiger partial charge in [-0.05, 0) is 37.3 Å². The first-order valence-electron chi connectivity index (χ1n) is 7.91. The molecule has 0 saturated heterocycles. The van der Waals surface area contributed by atoms with Crippen LogP contribution in [0.4, 0.5) is 0 Å². The largest absolute Gasteiger partial charge is 0.480 e. The third kappa shape index (κ3) is 2.90. The van der Waals surface area contributed by atoms with Gasteiger partial charge in [-0.1, -0.05) is 42.0 Å². The quantitative estimate of drug-likeness (QED) is 0.735. The summed E-state index contributed by atoms with van der Waals surface area (Å²) in [6.45, 7) is 1.99. The zero-order valence-corrected chi connectivity index (χ0v) is 13.6. The normalized spacial score (nSPS) is 14.8. The van der Waals surface area contributed by atoms with Crippen LogP contribution in [0.2, 0.25) is 0 Å². The molecule has 1 aromatic heterocycles. The summed E-state index contributed by atoms with van der Waals surface area (Å²) in [7, 11) is 0. The predicted octanol–water partition coefficient (Wildman–Crippen LogP) is 2.98. The Morgan fingerprint density at radius 2 is 1.88 bits per heavy atom. The highest BCUT2D eigenvalue weighted by Crippen LogP contribution is 2.31. The molecule has 0 radical (unpaired) electrons. The van der Waals surface area contributed by atoms with Gasteiger partial charge in [-0.25, -0.2) is 4.99 Å². The Labute approximate surface area is 144 Å². The van der Waals surface area contributed by atoms with E-state index in [0.717, 1.165) is 16.3 Å². The summed E-state index contributed by atoms with van der Waals surface area (Å²) < 4.78 is 5.42. The van der Waals surface area contributed by atoms with E-state index in [1.54, 1.807) is 18.2 Å². The zero-order valence-electron chi connectivity index (χ0n) is 13.6. The van der Waals surface area contributed by atoms with E-state index in [1.807, 2.05) is 55.5 Å². The Kier molecular flexibility index (Phi) is 3.58. The van der Waals surface area contributed by atoms with Gasteiger partial charge in [0.25, 0.3) is 11.9 Å². The average molecular weight is 329 g/mol. The summed E-state index contributed by atoms with van der Waals surface area (Å²) in [5, 5.41) is 11.6. The first kappa shape index (κ1) is 15.1. The van der Waals surface area contributed by atoms with E-state index in [4.69, 9.17) is 4.42 Å². The van der Waals surface area contributed by atoms with E-state index in [9.17, 15) is 9.90 Å². The second-order valence-corrected chi connectivity index (χ2v) is 5.96. The summed E-state index contributed by atoms with van der Waals surface area (Å²) in [4.78, 5) is 16.4. The van der Waals surface area contributed by atoms with Crippen molar-refractivity contribution in [3.63, 3.8) is 0 Å². The molecule has 4 nitrogen and oxygen atoms in total. The number of hydrogen-bond acceptors (Lipinski definition) is 3. The first-order valence-corrected chi connectivity index (χ1v) is 7.91. The summed E-state index contributed by atoms with van der Waals surface area (Å²) in [6, 6.07) is 16.9. The minimum Gasteiger partial charge on any atom is -0.480 e. The molecule has 2 aromatic carbocycles. The highest BCUT2D eigenvalue weighted by atomic mass is 16.5. The van der Waals surface area contributed by atoms with Crippen LogP contribution in [-0.4, -0.2) is 11.0 Å². The lowest BCUT2D eigenvalue weighted by Gasteiger charge is -2.03. The van der Waals surface area contributed by atoms with Crippen molar-refractivity contribution in [2.75, 3.05) is 0 Å². The van der Waals surface area contributed by atoms with Crippen LogP contribution >= 0.6 is 0 Å². The molecular formula is C21H15NO3. The van der Waals surface area contributed by atoms with Gasteiger partial charge in [0, 0.05) is 16.4 Å². The molecule has 2 heterocycles. The number of benzene rings is 2. The Hall–Kier alpha value is -3.40. The molecule has 1 N–H and O–H groups in total. The Bertz CT molecular complexity index is 1120. The van der Waals surface area contributed by atoms with Gasteiger partial charge >= 0.3 is 0 Å². The van der Waals surface area contributed by atoms with E-state index < -0.39 is 0 Å². The number of hydrogen-bond donors (Lipinski definition) is 1. The van der Waals surface area contributed by atoms with Crippen LogP contribution in [0.3, 0.4) is 0 Å². The number of aryl methyl sites for hydroxylation is 1. The Morgan fingerprint density at radius 1 is 1.08 bits per heavy atom. The highest BCUT2D eigenvalue weighted by molar-refractivity contribution is 6.07. The SMILES string of the molecule is Cc1ccc2c(c1)=C/C(=C\c1cc(-c3ccccc3)oc1O)C(=O)N=2. The van der Waals surface area contributed by atoms with Gasteiger partial charge in [-0.15, -0.1) is 0 Å². The van der Waals surface area contributed by atoms with Crippen LogP contribution in [0.1, 0.15) is 11.1 Å². The molecule has 25 heavy (non-hydrogen) atoms. The van der Waals surface area contributed by atoms with Crippen molar-refractivity contribution in [2.24, 2.45) is 4.99 Å². The molecule has 0 unspecified atom stereocenters. The fourth-order valence-corrected chi connectivity index (χ4v) is 2.81. The van der Waals surface area contributed by atoms with Crippen molar-refractivity contribution < 1.29 is 14.3 Å². The van der Waals surface area contributed by atoms with E-state index in [0.29, 0.717) is 22.3 Å². The second-order valence-electron chi connectivity index (χ2n) is 5.96. The molecule has 0 saturated carbocycles. The van der Waals surface area contributed by atoms with Crippen LogP contribution in [0.25, 0.3) is 23.5 Å². The van der Waals surface area contributed by atoms with E-state index in [-0.39, 0.29) is 11.9 Å². The zero-order chi connectivity index (χ0) is 17.4. The molecule has 0 fully saturated rings. The molecule has 0 bridgehead atoms. The van der Waals surface area contributed by atoms with Gasteiger partial charge in [-0.3, -0.25) is 4.79 Å². The first-order chi connectivity index (χ1) is 12.1. The molecule has 3 aromatic rings. The molecular weight excluding hydrogens is 314 g/mol. The third-order valence-electron chi connectivity index (χ3n) is 4.07. The van der Waals surface area contributed by atoms with Gasteiger partial charge in [0.1, 0.15) is 5.76 Å². The van der Waals surface area contributed by atoms with Crippen molar-refractivity contribution >= 4 is 18.1 Å². The number of amides is 1. The van der Waals surface area contributed by atoms with Crippen LogP contribution in [0.5, 0.6) is 5.95 Å². The average Bonchev–Trinajstić information content (AvgIpc) is 2.97. The highest BCUT2D eigenvalue weighted by Gasteiger charge is 2.15. The summed E-state index contributed by atoms with van der Waals surface area (Å²) in [6.07, 6.45) is 3.38. The number of aromatic hydroxyl groups is 1. The molecule has 4 heteroatoms. The van der Waals surface area contributed by atoms with Crippen LogP contribution in [-0.2, 0) is 4.79 Å². The number of rotatable bonds is 2. The number of nitrogens with zero attached hydrogens (tertiary/aromatic N) is 1. The number of fused-ring (bicyclic) bond motifs is 1. The standard InChI is InChI=1S/C21H15NO3/c1-13-7-8-18-15(9-13)10-16(20(23)22-18)11-17-12-19(25-21(17)24)14-5-3-2-4-6-14/h2-12,24H,1H3/b16-11+.